The molecule has 17 heavy (non-hydrogen) atoms. The largest absolute Gasteiger partial charge is 0.337 e. The summed E-state index contributed by atoms with van der Waals surface area (Å²) in [7, 11) is 0. The van der Waals surface area contributed by atoms with Gasteiger partial charge in [-0.2, -0.15) is 0 Å². The van der Waals surface area contributed by atoms with Crippen LogP contribution in [-0.4, -0.2) is 29.9 Å². The average Bonchev–Trinajstić information content (AvgIpc) is 2.32. The van der Waals surface area contributed by atoms with Crippen LogP contribution in [0.4, 0.5) is 4.39 Å². The van der Waals surface area contributed by atoms with Gasteiger partial charge in [0.15, 0.2) is 0 Å². The van der Waals surface area contributed by atoms with Crippen LogP contribution in [0.15, 0.2) is 18.2 Å². The fraction of sp³-hybridized carbons (Fsp3) is 0.417. The van der Waals surface area contributed by atoms with Crippen molar-refractivity contribution in [3.8, 4) is 0 Å². The molecule has 0 unspecified atom stereocenters. The Morgan fingerprint density at radius 2 is 2.29 bits per heavy atom. The highest BCUT2D eigenvalue weighted by Crippen LogP contribution is 2.22. The fourth-order valence-electron chi connectivity index (χ4n) is 2.03. The van der Waals surface area contributed by atoms with E-state index in [0.29, 0.717) is 13.1 Å². The first-order chi connectivity index (χ1) is 8.09. The molecule has 1 amide bonds. The maximum absolute atomic E-state index is 13.3. The molecule has 92 valence electrons. The van der Waals surface area contributed by atoms with Crippen molar-refractivity contribution >= 4 is 17.5 Å². The fourth-order valence-corrected chi connectivity index (χ4v) is 2.24. The molecular formula is C12H14ClFN2O. The van der Waals surface area contributed by atoms with Gasteiger partial charge in [-0.1, -0.05) is 17.7 Å². The molecule has 0 radical (unpaired) electrons. The van der Waals surface area contributed by atoms with Crippen molar-refractivity contribution in [1.82, 2.24) is 4.90 Å². The number of hydrogen-bond acceptors (Lipinski definition) is 2. The summed E-state index contributed by atoms with van der Waals surface area (Å²) < 4.78 is 13.3. The van der Waals surface area contributed by atoms with Crippen LogP contribution in [-0.2, 0) is 0 Å². The predicted molar refractivity (Wildman–Crippen MR) is 64.5 cm³/mol. The minimum Gasteiger partial charge on any atom is -0.337 e. The molecule has 1 aromatic carbocycles. The Morgan fingerprint density at radius 1 is 1.53 bits per heavy atom. The molecule has 0 bridgehead atoms. The highest BCUT2D eigenvalue weighted by Gasteiger charge is 2.24. The molecule has 1 saturated heterocycles. The normalized spacial score (nSPS) is 20.4. The van der Waals surface area contributed by atoms with Crippen molar-refractivity contribution in [3.63, 3.8) is 0 Å². The molecule has 1 aromatic rings. The van der Waals surface area contributed by atoms with E-state index >= 15 is 0 Å². The van der Waals surface area contributed by atoms with Crippen molar-refractivity contribution < 1.29 is 9.18 Å². The molecule has 0 saturated carbocycles. The van der Waals surface area contributed by atoms with E-state index in [0.717, 1.165) is 12.8 Å². The lowest BCUT2D eigenvalue weighted by atomic mass is 10.1. The monoisotopic (exact) mass is 256 g/mol. The van der Waals surface area contributed by atoms with Crippen molar-refractivity contribution in [2.24, 2.45) is 5.73 Å². The van der Waals surface area contributed by atoms with Crippen molar-refractivity contribution in [2.75, 3.05) is 13.1 Å². The summed E-state index contributed by atoms with van der Waals surface area (Å²) in [6, 6.07) is 4.26. The van der Waals surface area contributed by atoms with E-state index in [4.69, 9.17) is 17.3 Å². The van der Waals surface area contributed by atoms with E-state index in [1.807, 2.05) is 0 Å². The summed E-state index contributed by atoms with van der Waals surface area (Å²) in [5.74, 6) is -0.816. The second-order valence-corrected chi connectivity index (χ2v) is 4.63. The first-order valence-corrected chi connectivity index (χ1v) is 5.96. The summed E-state index contributed by atoms with van der Waals surface area (Å²) in [4.78, 5) is 13.8. The highest BCUT2D eigenvalue weighted by atomic mass is 35.5. The van der Waals surface area contributed by atoms with Gasteiger partial charge in [0, 0.05) is 19.1 Å². The highest BCUT2D eigenvalue weighted by molar-refractivity contribution is 6.34. The van der Waals surface area contributed by atoms with Gasteiger partial charge in [0.25, 0.3) is 5.91 Å². The third-order valence-electron chi connectivity index (χ3n) is 2.93. The first kappa shape index (κ1) is 12.3. The molecular weight excluding hydrogens is 243 g/mol. The second kappa shape index (κ2) is 5.02. The van der Waals surface area contributed by atoms with E-state index in [9.17, 15) is 9.18 Å². The summed E-state index contributed by atoms with van der Waals surface area (Å²) >= 11 is 5.79. The van der Waals surface area contributed by atoms with Crippen LogP contribution in [0, 0.1) is 5.82 Å². The Labute approximate surface area is 104 Å². The van der Waals surface area contributed by atoms with Crippen LogP contribution in [0.25, 0.3) is 0 Å². The Hall–Kier alpha value is -1.13. The predicted octanol–water partition coefficient (Wildman–Crippen LogP) is 2.04. The van der Waals surface area contributed by atoms with E-state index in [-0.39, 0.29) is 22.5 Å². The molecule has 1 atom stereocenters. The van der Waals surface area contributed by atoms with Gasteiger partial charge < -0.3 is 10.6 Å². The van der Waals surface area contributed by atoms with E-state index in [2.05, 4.69) is 0 Å². The molecule has 1 heterocycles. The molecule has 3 nitrogen and oxygen atoms in total. The average molecular weight is 257 g/mol. The van der Waals surface area contributed by atoms with E-state index in [1.165, 1.54) is 18.2 Å². The third-order valence-corrected chi connectivity index (χ3v) is 3.31. The summed E-state index contributed by atoms with van der Waals surface area (Å²) in [6.07, 6.45) is 1.79. The molecule has 0 spiro atoms. The molecule has 1 fully saturated rings. The summed E-state index contributed by atoms with van der Waals surface area (Å²) in [6.45, 7) is 1.16. The van der Waals surface area contributed by atoms with Crippen LogP contribution in [0.1, 0.15) is 23.2 Å². The molecule has 5 heteroatoms. The molecule has 2 N–H and O–H groups in total. The number of nitrogens with two attached hydrogens (primary N) is 1. The van der Waals surface area contributed by atoms with Gasteiger partial charge in [-0.15, -0.1) is 0 Å². The standard InChI is InChI=1S/C12H14ClFN2O/c13-11-9(4-1-5-10(11)14)12(17)16-6-2-3-8(15)7-16/h1,4-5,8H,2-3,6-7,15H2/t8-/m1/s1. The van der Waals surface area contributed by atoms with Gasteiger partial charge in [-0.3, -0.25) is 4.79 Å². The zero-order valence-corrected chi connectivity index (χ0v) is 10.1. The minimum absolute atomic E-state index is 0.0000321. The SMILES string of the molecule is N[C@@H]1CCCN(C(=O)c2cccc(F)c2Cl)C1. The maximum Gasteiger partial charge on any atom is 0.255 e. The molecule has 0 aromatic heterocycles. The number of benzene rings is 1. The van der Waals surface area contributed by atoms with Gasteiger partial charge in [-0.25, -0.2) is 4.39 Å². The van der Waals surface area contributed by atoms with Gasteiger partial charge in [0.1, 0.15) is 5.82 Å². The molecule has 0 aliphatic carbocycles. The number of amides is 1. The second-order valence-electron chi connectivity index (χ2n) is 4.25. The minimum atomic E-state index is -0.571. The maximum atomic E-state index is 13.3. The number of rotatable bonds is 1. The lowest BCUT2D eigenvalue weighted by Crippen LogP contribution is -2.45. The van der Waals surface area contributed by atoms with Gasteiger partial charge >= 0.3 is 0 Å². The van der Waals surface area contributed by atoms with Crippen LogP contribution in [0.3, 0.4) is 0 Å². The lowest BCUT2D eigenvalue weighted by Gasteiger charge is -2.31. The third kappa shape index (κ3) is 2.58. The zero-order chi connectivity index (χ0) is 12.4. The Kier molecular flexibility index (Phi) is 3.64. The number of hydrogen-bond donors (Lipinski definition) is 1. The summed E-state index contributed by atoms with van der Waals surface area (Å²) in [5.41, 5.74) is 6.02. The van der Waals surface area contributed by atoms with Crippen LogP contribution >= 0.6 is 11.6 Å². The van der Waals surface area contributed by atoms with Crippen molar-refractivity contribution in [3.05, 3.63) is 34.6 Å². The number of carbonyl (C=O) groups is 1. The number of halogens is 2. The quantitative estimate of drug-likeness (QED) is 0.836. The lowest BCUT2D eigenvalue weighted by molar-refractivity contribution is 0.0708. The van der Waals surface area contributed by atoms with Crippen molar-refractivity contribution in [2.45, 2.75) is 18.9 Å². The van der Waals surface area contributed by atoms with Crippen molar-refractivity contribution in [1.29, 1.82) is 0 Å². The van der Waals surface area contributed by atoms with Gasteiger partial charge in [-0.05, 0) is 25.0 Å². The zero-order valence-electron chi connectivity index (χ0n) is 9.33. The summed E-state index contributed by atoms with van der Waals surface area (Å²) in [5, 5.41) is -0.114. The number of nitrogens with zero attached hydrogens (tertiary/aromatic N) is 1. The Morgan fingerprint density at radius 3 is 3.00 bits per heavy atom. The number of piperidine rings is 1. The van der Waals surface area contributed by atoms with Crippen LogP contribution in [0.5, 0.6) is 0 Å². The number of carbonyl (C=O) groups excluding carboxylic acids is 1. The van der Waals surface area contributed by atoms with Crippen LogP contribution < -0.4 is 5.73 Å². The smallest absolute Gasteiger partial charge is 0.255 e. The van der Waals surface area contributed by atoms with Gasteiger partial charge in [0.2, 0.25) is 0 Å². The molecule has 1 aliphatic rings. The van der Waals surface area contributed by atoms with Crippen LogP contribution in [0.2, 0.25) is 5.02 Å². The van der Waals surface area contributed by atoms with Gasteiger partial charge in [0.05, 0.1) is 10.6 Å². The molecule has 2 rings (SSSR count). The van der Waals surface area contributed by atoms with E-state index in [1.54, 1.807) is 4.90 Å². The molecule has 1 aliphatic heterocycles. The topological polar surface area (TPSA) is 46.3 Å². The number of likely N-dealkylation sites (tertiary alicyclic amines) is 1. The Balaban J connectivity index is 2.22. The Bertz CT molecular complexity index is 439. The first-order valence-electron chi connectivity index (χ1n) is 5.58. The van der Waals surface area contributed by atoms with E-state index < -0.39 is 5.82 Å².